The van der Waals surface area contributed by atoms with Gasteiger partial charge in [-0.25, -0.2) is 4.98 Å². The summed E-state index contributed by atoms with van der Waals surface area (Å²) in [6.07, 6.45) is 1.62. The maximum atomic E-state index is 9.02. The average Bonchev–Trinajstić information content (AvgIpc) is 2.74. The summed E-state index contributed by atoms with van der Waals surface area (Å²) in [6.45, 7) is 6.86. The normalized spacial score (nSPS) is 12.4. The lowest BCUT2D eigenvalue weighted by Crippen LogP contribution is -2.45. The van der Waals surface area contributed by atoms with Crippen LogP contribution in [0.5, 0.6) is 0 Å². The first-order valence-electron chi connectivity index (χ1n) is 9.70. The second kappa shape index (κ2) is 9.91. The molecule has 153 valence electrons. The maximum Gasteiger partial charge on any atom is 0.282 e. The molecule has 1 atom stereocenters. The smallest absolute Gasteiger partial charge is 0.282 e. The lowest BCUT2D eigenvalue weighted by atomic mass is 9.87. The molecule has 7 heteroatoms. The minimum Gasteiger partial charge on any atom is -0.407 e. The molecule has 0 aliphatic rings. The standard InChI is InChI=1S/C23H24ClN4OSi/c1-23(2,3)18-10-12-20(13-11-18)30(19-7-5-4-6-8-19)29-16-21(27-28-25)17-9-14-22(24)26-15-17/h4-15,21H,16H2,1-3H3. The van der Waals surface area contributed by atoms with Crippen molar-refractivity contribution in [2.45, 2.75) is 32.2 Å². The van der Waals surface area contributed by atoms with Gasteiger partial charge in [-0.3, -0.25) is 0 Å². The van der Waals surface area contributed by atoms with Gasteiger partial charge in [0.15, 0.2) is 0 Å². The Balaban J connectivity index is 1.87. The summed E-state index contributed by atoms with van der Waals surface area (Å²) in [5, 5.41) is 6.60. The number of halogens is 1. The first-order valence-corrected chi connectivity index (χ1v) is 11.5. The van der Waals surface area contributed by atoms with Crippen LogP contribution in [0.4, 0.5) is 0 Å². The fourth-order valence-corrected chi connectivity index (χ4v) is 5.12. The predicted octanol–water partition coefficient (Wildman–Crippen LogP) is 5.21. The molecule has 0 aliphatic carbocycles. The number of azide groups is 1. The molecule has 0 fully saturated rings. The van der Waals surface area contributed by atoms with E-state index in [0.29, 0.717) is 5.15 Å². The van der Waals surface area contributed by atoms with Crippen LogP contribution in [-0.2, 0) is 9.84 Å². The monoisotopic (exact) mass is 435 g/mol. The topological polar surface area (TPSA) is 70.9 Å². The third-order valence-corrected chi connectivity index (χ3v) is 7.16. The number of pyridine rings is 1. The predicted molar refractivity (Wildman–Crippen MR) is 124 cm³/mol. The molecular weight excluding hydrogens is 412 g/mol. The van der Waals surface area contributed by atoms with E-state index in [9.17, 15) is 0 Å². The summed E-state index contributed by atoms with van der Waals surface area (Å²) in [4.78, 5) is 7.09. The van der Waals surface area contributed by atoms with Crippen LogP contribution >= 0.6 is 11.6 Å². The maximum absolute atomic E-state index is 9.02. The Kier molecular flexibility index (Phi) is 7.29. The number of hydrogen-bond donors (Lipinski definition) is 0. The minimum absolute atomic E-state index is 0.0905. The SMILES string of the molecule is CC(C)(C)c1ccc([Si](OCC(N=[N+]=[N-])c2ccc(Cl)nc2)c2ccccc2)cc1. The molecule has 3 rings (SSSR count). The van der Waals surface area contributed by atoms with Crippen LogP contribution in [0.25, 0.3) is 10.4 Å². The quantitative estimate of drug-likeness (QED) is 0.168. The molecule has 0 saturated carbocycles. The van der Waals surface area contributed by atoms with E-state index in [0.717, 1.165) is 15.9 Å². The molecule has 5 nitrogen and oxygen atoms in total. The minimum atomic E-state index is -1.52. The molecule has 0 bridgehead atoms. The van der Waals surface area contributed by atoms with Gasteiger partial charge in [-0.1, -0.05) is 98.2 Å². The number of benzene rings is 2. The van der Waals surface area contributed by atoms with Crippen molar-refractivity contribution in [3.63, 3.8) is 0 Å². The molecule has 0 N–H and O–H groups in total. The summed E-state index contributed by atoms with van der Waals surface area (Å²) in [7, 11) is -1.52. The largest absolute Gasteiger partial charge is 0.407 e. The van der Waals surface area contributed by atoms with Gasteiger partial charge in [-0.2, -0.15) is 0 Å². The van der Waals surface area contributed by atoms with E-state index < -0.39 is 15.1 Å². The van der Waals surface area contributed by atoms with Gasteiger partial charge in [0.25, 0.3) is 9.04 Å². The van der Waals surface area contributed by atoms with E-state index in [1.807, 2.05) is 24.3 Å². The second-order valence-corrected chi connectivity index (χ2v) is 10.5. The molecule has 0 amide bonds. The van der Waals surface area contributed by atoms with E-state index >= 15 is 0 Å². The van der Waals surface area contributed by atoms with Crippen molar-refractivity contribution in [1.29, 1.82) is 0 Å². The fourth-order valence-electron chi connectivity index (χ4n) is 3.05. The van der Waals surface area contributed by atoms with Gasteiger partial charge in [-0.15, -0.1) is 0 Å². The van der Waals surface area contributed by atoms with Gasteiger partial charge in [0.1, 0.15) is 5.15 Å². The first-order chi connectivity index (χ1) is 14.4. The summed E-state index contributed by atoms with van der Waals surface area (Å²) in [5.41, 5.74) is 11.2. The first kappa shape index (κ1) is 22.1. The van der Waals surface area contributed by atoms with Gasteiger partial charge in [0.2, 0.25) is 0 Å². The summed E-state index contributed by atoms with van der Waals surface area (Å²) >= 11 is 5.88. The molecule has 0 aliphatic heterocycles. The average molecular weight is 436 g/mol. The lowest BCUT2D eigenvalue weighted by Gasteiger charge is -2.22. The number of rotatable bonds is 7. The number of nitrogens with zero attached hydrogens (tertiary/aromatic N) is 4. The zero-order chi connectivity index (χ0) is 21.6. The zero-order valence-electron chi connectivity index (χ0n) is 17.3. The van der Waals surface area contributed by atoms with Crippen LogP contribution in [0.15, 0.2) is 78.0 Å². The van der Waals surface area contributed by atoms with Gasteiger partial charge in [-0.05, 0) is 38.5 Å². The van der Waals surface area contributed by atoms with Gasteiger partial charge in [0.05, 0.1) is 6.04 Å². The van der Waals surface area contributed by atoms with Crippen LogP contribution in [-0.4, -0.2) is 20.6 Å². The molecular formula is C23H24ClN4OSi. The highest BCUT2D eigenvalue weighted by Gasteiger charge is 2.23. The van der Waals surface area contributed by atoms with Crippen molar-refractivity contribution in [2.75, 3.05) is 6.61 Å². The molecule has 1 heterocycles. The van der Waals surface area contributed by atoms with E-state index in [1.165, 1.54) is 5.56 Å². The molecule has 1 radical (unpaired) electrons. The summed E-state index contributed by atoms with van der Waals surface area (Å²) in [6, 6.07) is 21.8. The Hall–Kier alpha value is -2.63. The van der Waals surface area contributed by atoms with E-state index in [-0.39, 0.29) is 12.0 Å². The molecule has 1 aromatic heterocycles. The van der Waals surface area contributed by atoms with Crippen molar-refractivity contribution in [1.82, 2.24) is 4.98 Å². The molecule has 1 unspecified atom stereocenters. The Labute approximate surface area is 184 Å². The summed E-state index contributed by atoms with van der Waals surface area (Å²) in [5.74, 6) is 0. The van der Waals surface area contributed by atoms with E-state index in [4.69, 9.17) is 21.6 Å². The third-order valence-electron chi connectivity index (χ3n) is 4.76. The third kappa shape index (κ3) is 5.71. The molecule has 0 spiro atoms. The highest BCUT2D eigenvalue weighted by atomic mass is 35.5. The Morgan fingerprint density at radius 3 is 2.27 bits per heavy atom. The van der Waals surface area contributed by atoms with Gasteiger partial charge < -0.3 is 4.43 Å². The highest BCUT2D eigenvalue weighted by Crippen LogP contribution is 2.22. The van der Waals surface area contributed by atoms with Crippen LogP contribution in [0.3, 0.4) is 0 Å². The van der Waals surface area contributed by atoms with E-state index in [1.54, 1.807) is 12.3 Å². The van der Waals surface area contributed by atoms with Crippen molar-refractivity contribution < 1.29 is 4.43 Å². The van der Waals surface area contributed by atoms with Gasteiger partial charge >= 0.3 is 0 Å². The van der Waals surface area contributed by atoms with Crippen LogP contribution in [0.2, 0.25) is 5.15 Å². The number of aromatic nitrogens is 1. The summed E-state index contributed by atoms with van der Waals surface area (Å²) < 4.78 is 6.42. The molecule has 30 heavy (non-hydrogen) atoms. The van der Waals surface area contributed by atoms with Gasteiger partial charge in [0, 0.05) is 17.7 Å². The zero-order valence-corrected chi connectivity index (χ0v) is 19.0. The number of hydrogen-bond acceptors (Lipinski definition) is 3. The van der Waals surface area contributed by atoms with Crippen LogP contribution < -0.4 is 10.4 Å². The van der Waals surface area contributed by atoms with Crippen molar-refractivity contribution in [3.8, 4) is 0 Å². The molecule has 3 aromatic rings. The fraction of sp³-hybridized carbons (Fsp3) is 0.261. The molecule has 2 aromatic carbocycles. The van der Waals surface area contributed by atoms with Crippen LogP contribution in [0, 0.1) is 0 Å². The Bertz CT molecular complexity index is 998. The van der Waals surface area contributed by atoms with Crippen LogP contribution in [0.1, 0.15) is 37.9 Å². The van der Waals surface area contributed by atoms with Crippen molar-refractivity contribution in [2.24, 2.45) is 5.11 Å². The Morgan fingerprint density at radius 1 is 1.03 bits per heavy atom. The second-order valence-electron chi connectivity index (χ2n) is 7.97. The Morgan fingerprint density at radius 2 is 1.70 bits per heavy atom. The molecule has 0 saturated heterocycles. The van der Waals surface area contributed by atoms with Crippen molar-refractivity contribution >= 4 is 31.0 Å². The lowest BCUT2D eigenvalue weighted by molar-refractivity contribution is 0.303. The van der Waals surface area contributed by atoms with E-state index in [2.05, 4.69) is 72.2 Å². The van der Waals surface area contributed by atoms with Crippen molar-refractivity contribution in [3.05, 3.63) is 99.6 Å². The highest BCUT2D eigenvalue weighted by molar-refractivity contribution is 6.80.